The van der Waals surface area contributed by atoms with E-state index in [0.29, 0.717) is 5.82 Å². The molecule has 4 heteroatoms. The minimum atomic E-state index is 0.0598. The van der Waals surface area contributed by atoms with Crippen LogP contribution in [0.15, 0.2) is 30.5 Å². The van der Waals surface area contributed by atoms with Crippen LogP contribution in [0.1, 0.15) is 12.8 Å². The molecule has 80 valence electrons. The van der Waals surface area contributed by atoms with E-state index >= 15 is 0 Å². The topological polar surface area (TPSA) is 54.9 Å². The van der Waals surface area contributed by atoms with Gasteiger partial charge >= 0.3 is 0 Å². The highest BCUT2D eigenvalue weighted by Gasteiger charge is 2.29. The number of amides is 1. The molecule has 2 aromatic rings. The highest BCUT2D eigenvalue weighted by molar-refractivity contribution is 5.93. The van der Waals surface area contributed by atoms with E-state index in [1.54, 1.807) is 6.20 Å². The van der Waals surface area contributed by atoms with Gasteiger partial charge in [0.05, 0.1) is 17.2 Å². The molecule has 1 heterocycles. The smallest absolute Gasteiger partial charge is 0.228 e. The average molecular weight is 213 g/mol. The summed E-state index contributed by atoms with van der Waals surface area (Å²) in [5.74, 6) is 0.786. The number of fused-ring (bicyclic) bond motifs is 1. The summed E-state index contributed by atoms with van der Waals surface area (Å²) in [5, 5.41) is 2.78. The first-order valence-electron chi connectivity index (χ1n) is 5.35. The first-order chi connectivity index (χ1) is 7.83. The Hall–Kier alpha value is -1.97. The largest absolute Gasteiger partial charge is 0.309 e. The Bertz CT molecular complexity index is 549. The molecule has 0 saturated heterocycles. The Morgan fingerprint density at radius 2 is 2.00 bits per heavy atom. The predicted molar refractivity (Wildman–Crippen MR) is 60.9 cm³/mol. The van der Waals surface area contributed by atoms with E-state index in [1.807, 2.05) is 24.3 Å². The van der Waals surface area contributed by atoms with Crippen LogP contribution in [-0.2, 0) is 4.79 Å². The normalized spacial score (nSPS) is 15.0. The highest BCUT2D eigenvalue weighted by Crippen LogP contribution is 2.29. The van der Waals surface area contributed by atoms with Crippen LogP contribution >= 0.6 is 0 Å². The summed E-state index contributed by atoms with van der Waals surface area (Å²) in [5.41, 5.74) is 1.64. The van der Waals surface area contributed by atoms with Gasteiger partial charge in [-0.25, -0.2) is 4.98 Å². The lowest BCUT2D eigenvalue weighted by atomic mass is 10.3. The number of rotatable bonds is 2. The summed E-state index contributed by atoms with van der Waals surface area (Å²) < 4.78 is 0. The lowest BCUT2D eigenvalue weighted by Crippen LogP contribution is -2.14. The van der Waals surface area contributed by atoms with Crippen molar-refractivity contribution in [3.05, 3.63) is 30.5 Å². The van der Waals surface area contributed by atoms with Gasteiger partial charge in [0.15, 0.2) is 5.82 Å². The first-order valence-corrected chi connectivity index (χ1v) is 5.35. The Kier molecular flexibility index (Phi) is 2.06. The maximum atomic E-state index is 11.5. The molecular formula is C12H11N3O. The Morgan fingerprint density at radius 1 is 1.25 bits per heavy atom. The van der Waals surface area contributed by atoms with Crippen LogP contribution in [-0.4, -0.2) is 15.9 Å². The second-order valence-corrected chi connectivity index (χ2v) is 4.01. The second kappa shape index (κ2) is 3.56. The molecule has 1 saturated carbocycles. The molecule has 16 heavy (non-hydrogen) atoms. The highest BCUT2D eigenvalue weighted by atomic mass is 16.2. The Morgan fingerprint density at radius 3 is 2.75 bits per heavy atom. The lowest BCUT2D eigenvalue weighted by Gasteiger charge is -2.03. The standard InChI is InChI=1S/C12H11N3O/c16-12(8-5-6-8)15-11-7-13-9-3-1-2-4-10(9)14-11/h1-4,7-8H,5-6H2,(H,14,15,16). The summed E-state index contributed by atoms with van der Waals surface area (Å²) in [6.45, 7) is 0. The van der Waals surface area contributed by atoms with Crippen molar-refractivity contribution in [1.82, 2.24) is 9.97 Å². The van der Waals surface area contributed by atoms with Gasteiger partial charge in [-0.3, -0.25) is 9.78 Å². The number of carbonyl (C=O) groups excluding carboxylic acids is 1. The molecule has 4 nitrogen and oxygen atoms in total. The van der Waals surface area contributed by atoms with Crippen LogP contribution < -0.4 is 5.32 Å². The van der Waals surface area contributed by atoms with E-state index < -0.39 is 0 Å². The van der Waals surface area contributed by atoms with Crippen molar-refractivity contribution in [1.29, 1.82) is 0 Å². The van der Waals surface area contributed by atoms with Crippen molar-refractivity contribution in [2.24, 2.45) is 5.92 Å². The molecule has 1 fully saturated rings. The van der Waals surface area contributed by atoms with Crippen molar-refractivity contribution in [3.8, 4) is 0 Å². The van der Waals surface area contributed by atoms with Crippen LogP contribution in [0.5, 0.6) is 0 Å². The van der Waals surface area contributed by atoms with Gasteiger partial charge in [-0.05, 0) is 25.0 Å². The summed E-state index contributed by atoms with van der Waals surface area (Å²) in [7, 11) is 0. The molecule has 0 bridgehead atoms. The zero-order valence-corrected chi connectivity index (χ0v) is 8.68. The number of nitrogens with zero attached hydrogens (tertiary/aromatic N) is 2. The van der Waals surface area contributed by atoms with E-state index in [9.17, 15) is 4.79 Å². The maximum absolute atomic E-state index is 11.5. The van der Waals surface area contributed by atoms with Crippen LogP contribution in [0, 0.1) is 5.92 Å². The minimum absolute atomic E-state index is 0.0598. The fourth-order valence-corrected chi connectivity index (χ4v) is 1.59. The predicted octanol–water partition coefficient (Wildman–Crippen LogP) is 1.98. The minimum Gasteiger partial charge on any atom is -0.309 e. The number of anilines is 1. The van der Waals surface area contributed by atoms with E-state index in [-0.39, 0.29) is 11.8 Å². The third-order valence-electron chi connectivity index (χ3n) is 2.65. The van der Waals surface area contributed by atoms with Crippen molar-refractivity contribution < 1.29 is 4.79 Å². The number of para-hydroxylation sites is 2. The van der Waals surface area contributed by atoms with Gasteiger partial charge in [0.1, 0.15) is 0 Å². The Balaban J connectivity index is 1.89. The van der Waals surface area contributed by atoms with Gasteiger partial charge in [0, 0.05) is 5.92 Å². The van der Waals surface area contributed by atoms with E-state index in [2.05, 4.69) is 15.3 Å². The van der Waals surface area contributed by atoms with Gasteiger partial charge < -0.3 is 5.32 Å². The lowest BCUT2D eigenvalue weighted by molar-refractivity contribution is -0.117. The molecule has 0 aliphatic heterocycles. The third kappa shape index (κ3) is 1.74. The number of nitrogens with one attached hydrogen (secondary N) is 1. The number of hydrogen-bond donors (Lipinski definition) is 1. The fraction of sp³-hybridized carbons (Fsp3) is 0.250. The van der Waals surface area contributed by atoms with Gasteiger partial charge in [0.25, 0.3) is 0 Å². The van der Waals surface area contributed by atoms with Gasteiger partial charge in [-0.15, -0.1) is 0 Å². The van der Waals surface area contributed by atoms with Crippen LogP contribution in [0.2, 0.25) is 0 Å². The van der Waals surface area contributed by atoms with E-state index in [4.69, 9.17) is 0 Å². The molecular weight excluding hydrogens is 202 g/mol. The molecule has 1 aliphatic rings. The molecule has 0 unspecified atom stereocenters. The SMILES string of the molecule is O=C(Nc1cnc2ccccc2n1)C1CC1. The maximum Gasteiger partial charge on any atom is 0.228 e. The summed E-state index contributed by atoms with van der Waals surface area (Å²) in [6.07, 6.45) is 3.59. The number of benzene rings is 1. The van der Waals surface area contributed by atoms with Gasteiger partial charge in [-0.1, -0.05) is 12.1 Å². The van der Waals surface area contributed by atoms with Crippen molar-refractivity contribution in [3.63, 3.8) is 0 Å². The summed E-state index contributed by atoms with van der Waals surface area (Å²) in [6, 6.07) is 7.60. The molecule has 1 aromatic carbocycles. The quantitative estimate of drug-likeness (QED) is 0.829. The average Bonchev–Trinajstić information content (AvgIpc) is 3.12. The summed E-state index contributed by atoms with van der Waals surface area (Å²) >= 11 is 0. The number of hydrogen-bond acceptors (Lipinski definition) is 3. The molecule has 1 N–H and O–H groups in total. The number of carbonyl (C=O) groups is 1. The van der Waals surface area contributed by atoms with Crippen LogP contribution in [0.4, 0.5) is 5.82 Å². The van der Waals surface area contributed by atoms with E-state index in [1.165, 1.54) is 0 Å². The monoisotopic (exact) mass is 213 g/mol. The zero-order valence-electron chi connectivity index (χ0n) is 8.68. The van der Waals surface area contributed by atoms with Gasteiger partial charge in [-0.2, -0.15) is 0 Å². The van der Waals surface area contributed by atoms with Crippen molar-refractivity contribution >= 4 is 22.8 Å². The first kappa shape index (κ1) is 9.27. The molecule has 0 atom stereocenters. The Labute approximate surface area is 92.7 Å². The molecule has 0 spiro atoms. The van der Waals surface area contributed by atoms with Crippen molar-refractivity contribution in [2.75, 3.05) is 5.32 Å². The third-order valence-corrected chi connectivity index (χ3v) is 2.65. The van der Waals surface area contributed by atoms with Crippen molar-refractivity contribution in [2.45, 2.75) is 12.8 Å². The van der Waals surface area contributed by atoms with Gasteiger partial charge in [0.2, 0.25) is 5.91 Å². The number of aromatic nitrogens is 2. The van der Waals surface area contributed by atoms with E-state index in [0.717, 1.165) is 23.9 Å². The zero-order chi connectivity index (χ0) is 11.0. The molecule has 1 aliphatic carbocycles. The molecule has 0 radical (unpaired) electrons. The molecule has 1 aromatic heterocycles. The molecule has 1 amide bonds. The molecule has 3 rings (SSSR count). The second-order valence-electron chi connectivity index (χ2n) is 4.01. The summed E-state index contributed by atoms with van der Waals surface area (Å²) in [4.78, 5) is 20.1. The van der Waals surface area contributed by atoms with Crippen LogP contribution in [0.25, 0.3) is 11.0 Å². The van der Waals surface area contributed by atoms with Crippen LogP contribution in [0.3, 0.4) is 0 Å². The fourth-order valence-electron chi connectivity index (χ4n) is 1.59.